The molecule has 7 nitrogen and oxygen atoms in total. The van der Waals surface area contributed by atoms with E-state index in [2.05, 4.69) is 15.8 Å². The average molecular weight is 413 g/mol. The predicted octanol–water partition coefficient (Wildman–Crippen LogP) is 3.42. The van der Waals surface area contributed by atoms with Gasteiger partial charge in [0.05, 0.1) is 4.90 Å². The Kier molecular flexibility index (Phi) is 6.14. The minimum absolute atomic E-state index is 0.210. The SMILES string of the molecule is Cc1cc(NC(=O)[C@@H](N[C@H](C)c2ccc(S(C)(=O)=O)cc2)c2ccccc2)no1. The molecule has 0 unspecified atom stereocenters. The molecule has 152 valence electrons. The van der Waals surface area contributed by atoms with Crippen molar-refractivity contribution >= 4 is 21.6 Å². The molecular formula is C21H23N3O4S. The van der Waals surface area contributed by atoms with E-state index in [4.69, 9.17) is 4.52 Å². The Hall–Kier alpha value is -2.97. The van der Waals surface area contributed by atoms with Crippen LogP contribution in [0.25, 0.3) is 0 Å². The molecule has 0 spiro atoms. The van der Waals surface area contributed by atoms with Gasteiger partial charge in [0.1, 0.15) is 11.8 Å². The van der Waals surface area contributed by atoms with Crippen LogP contribution in [0.15, 0.2) is 70.1 Å². The van der Waals surface area contributed by atoms with Crippen LogP contribution in [0.3, 0.4) is 0 Å². The van der Waals surface area contributed by atoms with E-state index in [1.807, 2.05) is 37.3 Å². The molecule has 0 saturated carbocycles. The van der Waals surface area contributed by atoms with Crippen molar-refractivity contribution in [3.05, 3.63) is 77.6 Å². The van der Waals surface area contributed by atoms with Gasteiger partial charge >= 0.3 is 0 Å². The fourth-order valence-corrected chi connectivity index (χ4v) is 3.57. The van der Waals surface area contributed by atoms with E-state index in [0.29, 0.717) is 11.6 Å². The molecule has 2 aromatic carbocycles. The van der Waals surface area contributed by atoms with Crippen LogP contribution in [0.4, 0.5) is 5.82 Å². The molecule has 8 heteroatoms. The van der Waals surface area contributed by atoms with Gasteiger partial charge in [0.25, 0.3) is 0 Å². The Morgan fingerprint density at radius 3 is 2.24 bits per heavy atom. The molecule has 2 N–H and O–H groups in total. The second-order valence-corrected chi connectivity index (χ2v) is 8.90. The quantitative estimate of drug-likeness (QED) is 0.615. The summed E-state index contributed by atoms with van der Waals surface area (Å²) < 4.78 is 28.3. The molecule has 1 amide bonds. The van der Waals surface area contributed by atoms with Crippen molar-refractivity contribution in [2.24, 2.45) is 0 Å². The molecule has 29 heavy (non-hydrogen) atoms. The third-order valence-corrected chi connectivity index (χ3v) is 5.63. The van der Waals surface area contributed by atoms with Gasteiger partial charge in [-0.15, -0.1) is 0 Å². The van der Waals surface area contributed by atoms with Gasteiger partial charge in [0.2, 0.25) is 5.91 Å². The number of nitrogens with one attached hydrogen (secondary N) is 2. The molecule has 1 aromatic heterocycles. The number of carbonyl (C=O) groups is 1. The van der Waals surface area contributed by atoms with Gasteiger partial charge < -0.3 is 9.84 Å². The summed E-state index contributed by atoms with van der Waals surface area (Å²) in [4.78, 5) is 13.2. The molecule has 3 aromatic rings. The monoisotopic (exact) mass is 413 g/mol. The number of nitrogens with zero attached hydrogens (tertiary/aromatic N) is 1. The van der Waals surface area contributed by atoms with Crippen LogP contribution in [0, 0.1) is 6.92 Å². The summed E-state index contributed by atoms with van der Waals surface area (Å²) in [7, 11) is -3.26. The van der Waals surface area contributed by atoms with Crippen molar-refractivity contribution in [2.45, 2.75) is 30.8 Å². The number of amides is 1. The van der Waals surface area contributed by atoms with Gasteiger partial charge in [-0.25, -0.2) is 8.42 Å². The number of carbonyl (C=O) groups excluding carboxylic acids is 1. The number of hydrogen-bond acceptors (Lipinski definition) is 6. The normalized spacial score (nSPS) is 13.6. The molecule has 2 atom stereocenters. The molecule has 0 aliphatic heterocycles. The smallest absolute Gasteiger partial charge is 0.247 e. The second-order valence-electron chi connectivity index (χ2n) is 6.89. The van der Waals surface area contributed by atoms with E-state index in [1.54, 1.807) is 37.3 Å². The number of rotatable bonds is 7. The Morgan fingerprint density at radius 1 is 1.03 bits per heavy atom. The highest BCUT2D eigenvalue weighted by Crippen LogP contribution is 2.22. The first kappa shape index (κ1) is 20.8. The third-order valence-electron chi connectivity index (χ3n) is 4.50. The highest BCUT2D eigenvalue weighted by molar-refractivity contribution is 7.90. The lowest BCUT2D eigenvalue weighted by Gasteiger charge is -2.23. The lowest BCUT2D eigenvalue weighted by atomic mass is 10.0. The van der Waals surface area contributed by atoms with Gasteiger partial charge in [-0.05, 0) is 37.1 Å². The summed E-state index contributed by atoms with van der Waals surface area (Å²) in [6.45, 7) is 3.66. The molecular weight excluding hydrogens is 390 g/mol. The van der Waals surface area contributed by atoms with Crippen LogP contribution in [-0.2, 0) is 14.6 Å². The molecule has 0 aliphatic rings. The Balaban J connectivity index is 1.81. The number of benzene rings is 2. The summed E-state index contributed by atoms with van der Waals surface area (Å²) in [5.41, 5.74) is 1.66. The Morgan fingerprint density at radius 2 is 1.69 bits per heavy atom. The maximum Gasteiger partial charge on any atom is 0.247 e. The molecule has 0 fully saturated rings. The van der Waals surface area contributed by atoms with Crippen molar-refractivity contribution in [2.75, 3.05) is 11.6 Å². The maximum absolute atomic E-state index is 12.9. The number of hydrogen-bond donors (Lipinski definition) is 2. The van der Waals surface area contributed by atoms with Crippen molar-refractivity contribution in [1.29, 1.82) is 0 Å². The minimum atomic E-state index is -3.26. The summed E-state index contributed by atoms with van der Waals surface area (Å²) in [5.74, 6) is 0.674. The van der Waals surface area contributed by atoms with Gasteiger partial charge in [0.15, 0.2) is 15.7 Å². The topological polar surface area (TPSA) is 101 Å². The predicted molar refractivity (Wildman–Crippen MR) is 110 cm³/mol. The number of sulfone groups is 1. The highest BCUT2D eigenvalue weighted by Gasteiger charge is 2.24. The molecule has 1 heterocycles. The number of anilines is 1. The van der Waals surface area contributed by atoms with Crippen LogP contribution in [0.2, 0.25) is 0 Å². The van der Waals surface area contributed by atoms with Crippen LogP contribution >= 0.6 is 0 Å². The first-order valence-corrected chi connectivity index (χ1v) is 11.0. The summed E-state index contributed by atoms with van der Waals surface area (Å²) in [6, 6.07) is 16.8. The lowest BCUT2D eigenvalue weighted by molar-refractivity contribution is -0.118. The number of aryl methyl sites for hydroxylation is 1. The summed E-state index contributed by atoms with van der Waals surface area (Å²) in [6.07, 6.45) is 1.17. The molecule has 0 radical (unpaired) electrons. The van der Waals surface area contributed by atoms with E-state index in [1.165, 1.54) is 6.26 Å². The minimum Gasteiger partial charge on any atom is -0.360 e. The van der Waals surface area contributed by atoms with E-state index in [-0.39, 0.29) is 16.8 Å². The first-order valence-electron chi connectivity index (χ1n) is 9.09. The second kappa shape index (κ2) is 8.59. The van der Waals surface area contributed by atoms with Crippen LogP contribution in [0.5, 0.6) is 0 Å². The third kappa shape index (κ3) is 5.30. The molecule has 3 rings (SSSR count). The fraction of sp³-hybridized carbons (Fsp3) is 0.238. The van der Waals surface area contributed by atoms with Gasteiger partial charge in [-0.2, -0.15) is 0 Å². The van der Waals surface area contributed by atoms with Crippen LogP contribution in [-0.4, -0.2) is 25.7 Å². The Labute approximate surface area is 170 Å². The molecule has 0 bridgehead atoms. The summed E-state index contributed by atoms with van der Waals surface area (Å²) >= 11 is 0. The zero-order chi connectivity index (χ0) is 21.0. The standard InChI is InChI=1S/C21H23N3O4S/c1-14-13-19(24-28-14)23-21(25)20(17-7-5-4-6-8-17)22-15(2)16-9-11-18(12-10-16)29(3,26)27/h4-13,15,20,22H,1-3H3,(H,23,24,25)/t15-,20+/m1/s1. The van der Waals surface area contributed by atoms with E-state index in [9.17, 15) is 13.2 Å². The van der Waals surface area contributed by atoms with Crippen LogP contribution in [0.1, 0.15) is 35.9 Å². The van der Waals surface area contributed by atoms with Crippen molar-refractivity contribution in [1.82, 2.24) is 10.5 Å². The van der Waals surface area contributed by atoms with E-state index in [0.717, 1.165) is 11.1 Å². The van der Waals surface area contributed by atoms with E-state index >= 15 is 0 Å². The Bertz CT molecular complexity index is 1080. The average Bonchev–Trinajstić information content (AvgIpc) is 3.10. The number of aromatic nitrogens is 1. The summed E-state index contributed by atoms with van der Waals surface area (Å²) in [5, 5.41) is 9.89. The zero-order valence-electron chi connectivity index (χ0n) is 16.4. The molecule has 0 aliphatic carbocycles. The van der Waals surface area contributed by atoms with Crippen molar-refractivity contribution in [3.63, 3.8) is 0 Å². The largest absolute Gasteiger partial charge is 0.360 e. The fourth-order valence-electron chi connectivity index (χ4n) is 2.94. The van der Waals surface area contributed by atoms with Crippen molar-refractivity contribution < 1.29 is 17.7 Å². The molecule has 0 saturated heterocycles. The van der Waals surface area contributed by atoms with Gasteiger partial charge in [-0.3, -0.25) is 10.1 Å². The van der Waals surface area contributed by atoms with Crippen LogP contribution < -0.4 is 10.6 Å². The lowest BCUT2D eigenvalue weighted by Crippen LogP contribution is -2.34. The van der Waals surface area contributed by atoms with Gasteiger partial charge in [0, 0.05) is 18.4 Å². The zero-order valence-corrected chi connectivity index (χ0v) is 17.2. The first-order chi connectivity index (χ1) is 13.7. The maximum atomic E-state index is 12.9. The van der Waals surface area contributed by atoms with Crippen molar-refractivity contribution in [3.8, 4) is 0 Å². The highest BCUT2D eigenvalue weighted by atomic mass is 32.2. The van der Waals surface area contributed by atoms with E-state index < -0.39 is 15.9 Å². The van der Waals surface area contributed by atoms with Gasteiger partial charge in [-0.1, -0.05) is 47.6 Å².